The normalized spacial score (nSPS) is 12.2. The third-order valence-electron chi connectivity index (χ3n) is 5.73. The number of ketones is 1. The Morgan fingerprint density at radius 1 is 0.971 bits per heavy atom. The molecular weight excluding hydrogens is 458 g/mol. The van der Waals surface area contributed by atoms with E-state index in [9.17, 15) is 13.2 Å². The summed E-state index contributed by atoms with van der Waals surface area (Å²) in [6, 6.07) is 22.1. The van der Waals surface area contributed by atoms with Crippen molar-refractivity contribution in [2.45, 2.75) is 31.2 Å². The Bertz CT molecular complexity index is 1470. The minimum absolute atomic E-state index is 0.0683. The summed E-state index contributed by atoms with van der Waals surface area (Å²) < 4.78 is 23.4. The van der Waals surface area contributed by atoms with Crippen molar-refractivity contribution in [2.75, 3.05) is 11.6 Å². The van der Waals surface area contributed by atoms with E-state index in [1.54, 1.807) is 36.7 Å². The van der Waals surface area contributed by atoms with Gasteiger partial charge in [-0.15, -0.1) is 0 Å². The number of nitrogens with one attached hydrogen (secondary N) is 1. The van der Waals surface area contributed by atoms with Crippen LogP contribution < -0.4 is 5.32 Å². The molecule has 1 atom stereocenters. The van der Waals surface area contributed by atoms with Gasteiger partial charge >= 0.3 is 0 Å². The van der Waals surface area contributed by atoms with Crippen LogP contribution in [-0.2, 0) is 16.3 Å². The van der Waals surface area contributed by atoms with E-state index < -0.39 is 9.84 Å². The molecule has 0 saturated carbocycles. The number of rotatable bonds is 8. The number of hydrogen-bond acceptors (Lipinski definition) is 6. The highest BCUT2D eigenvalue weighted by Crippen LogP contribution is 2.23. The van der Waals surface area contributed by atoms with E-state index in [0.717, 1.165) is 27.8 Å². The fraction of sp³-hybridized carbons (Fsp3) is 0.179. The molecule has 0 radical (unpaired) electrons. The Balaban J connectivity index is 1.47. The molecule has 3 aromatic carbocycles. The van der Waals surface area contributed by atoms with E-state index in [2.05, 4.69) is 15.3 Å². The van der Waals surface area contributed by atoms with Gasteiger partial charge in [0.15, 0.2) is 15.6 Å². The third-order valence-corrected chi connectivity index (χ3v) is 6.86. The largest absolute Gasteiger partial charge is 0.362 e. The highest BCUT2D eigenvalue weighted by Gasteiger charge is 2.12. The zero-order valence-electron chi connectivity index (χ0n) is 19.9. The molecule has 1 heterocycles. The third kappa shape index (κ3) is 6.19. The summed E-state index contributed by atoms with van der Waals surface area (Å²) in [6.45, 7) is 4.00. The van der Waals surface area contributed by atoms with Crippen LogP contribution >= 0.6 is 0 Å². The van der Waals surface area contributed by atoms with Gasteiger partial charge in [0.1, 0.15) is 5.82 Å². The number of nitrogens with zero attached hydrogens (tertiary/aromatic N) is 2. The first kappa shape index (κ1) is 24.3. The number of aryl methyl sites for hydroxylation is 1. The van der Waals surface area contributed by atoms with Gasteiger partial charge in [0, 0.05) is 23.8 Å². The molecule has 35 heavy (non-hydrogen) atoms. The average Bonchev–Trinajstić information content (AvgIpc) is 2.84. The van der Waals surface area contributed by atoms with Crippen molar-refractivity contribution in [1.29, 1.82) is 0 Å². The van der Waals surface area contributed by atoms with Crippen LogP contribution in [0.5, 0.6) is 0 Å². The standard InChI is InChI=1S/C28H27N3O3S/c1-19-6-4-9-24(14-19)27(32)16-21-7-5-8-23(15-21)20(2)30-28-18-29-17-26(31-28)22-10-12-25(13-11-22)35(3,33)34/h4-15,17-18,20H,16H2,1-3H3,(H,30,31)/t20-/m0/s1. The van der Waals surface area contributed by atoms with Crippen molar-refractivity contribution in [3.05, 3.63) is 107 Å². The molecule has 0 amide bonds. The van der Waals surface area contributed by atoms with Crippen molar-refractivity contribution < 1.29 is 13.2 Å². The Kier molecular flexibility index (Phi) is 7.07. The van der Waals surface area contributed by atoms with E-state index in [0.29, 0.717) is 17.9 Å². The maximum atomic E-state index is 12.7. The van der Waals surface area contributed by atoms with Crippen LogP contribution in [0.15, 0.2) is 90.1 Å². The lowest BCUT2D eigenvalue weighted by Crippen LogP contribution is -2.10. The number of carbonyl (C=O) groups excluding carboxylic acids is 1. The molecule has 0 bridgehead atoms. The zero-order valence-corrected chi connectivity index (χ0v) is 20.7. The second kappa shape index (κ2) is 10.2. The molecule has 0 aliphatic rings. The first-order valence-electron chi connectivity index (χ1n) is 11.3. The molecule has 1 N–H and O–H groups in total. The van der Waals surface area contributed by atoms with Crippen molar-refractivity contribution in [2.24, 2.45) is 0 Å². The fourth-order valence-electron chi connectivity index (χ4n) is 3.83. The van der Waals surface area contributed by atoms with Gasteiger partial charge < -0.3 is 5.32 Å². The number of benzene rings is 3. The second-order valence-electron chi connectivity index (χ2n) is 8.67. The van der Waals surface area contributed by atoms with Crippen molar-refractivity contribution >= 4 is 21.4 Å². The minimum Gasteiger partial charge on any atom is -0.362 e. The molecule has 0 aliphatic heterocycles. The molecule has 178 valence electrons. The smallest absolute Gasteiger partial charge is 0.175 e. The Labute approximate surface area is 206 Å². The second-order valence-corrected chi connectivity index (χ2v) is 10.7. The molecule has 1 aromatic heterocycles. The van der Waals surface area contributed by atoms with Crippen LogP contribution in [-0.4, -0.2) is 30.4 Å². The van der Waals surface area contributed by atoms with E-state index in [1.807, 2.05) is 62.4 Å². The topological polar surface area (TPSA) is 89.0 Å². The lowest BCUT2D eigenvalue weighted by atomic mass is 9.98. The van der Waals surface area contributed by atoms with E-state index in [-0.39, 0.29) is 16.7 Å². The SMILES string of the molecule is Cc1cccc(C(=O)Cc2cccc([C@H](C)Nc3cncc(-c4ccc(S(C)(=O)=O)cc4)n3)c2)c1. The van der Waals surface area contributed by atoms with Crippen molar-refractivity contribution in [1.82, 2.24) is 9.97 Å². The summed E-state index contributed by atoms with van der Waals surface area (Å²) in [5, 5.41) is 3.37. The summed E-state index contributed by atoms with van der Waals surface area (Å²) >= 11 is 0. The van der Waals surface area contributed by atoms with Gasteiger partial charge in [-0.3, -0.25) is 9.78 Å². The number of hydrogen-bond donors (Lipinski definition) is 1. The quantitative estimate of drug-likeness (QED) is 0.334. The highest BCUT2D eigenvalue weighted by molar-refractivity contribution is 7.90. The first-order valence-corrected chi connectivity index (χ1v) is 13.2. The molecule has 0 saturated heterocycles. The van der Waals surface area contributed by atoms with Crippen molar-refractivity contribution in [3.63, 3.8) is 0 Å². The molecule has 0 spiro atoms. The number of Topliss-reactive ketones (excluding diaryl/α,β-unsaturated/α-hetero) is 1. The molecule has 0 aliphatic carbocycles. The summed E-state index contributed by atoms with van der Waals surface area (Å²) in [4.78, 5) is 21.9. The molecule has 6 nitrogen and oxygen atoms in total. The fourth-order valence-corrected chi connectivity index (χ4v) is 4.46. The van der Waals surface area contributed by atoms with Crippen LogP contribution in [0.1, 0.15) is 40.0 Å². The predicted molar refractivity (Wildman–Crippen MR) is 138 cm³/mol. The molecule has 0 unspecified atom stereocenters. The number of sulfone groups is 1. The van der Waals surface area contributed by atoms with Crippen LogP contribution in [0, 0.1) is 6.92 Å². The first-order chi connectivity index (χ1) is 16.7. The Morgan fingerprint density at radius 3 is 2.43 bits per heavy atom. The highest BCUT2D eigenvalue weighted by atomic mass is 32.2. The Morgan fingerprint density at radius 2 is 1.71 bits per heavy atom. The Hall–Kier alpha value is -3.84. The number of aromatic nitrogens is 2. The zero-order chi connectivity index (χ0) is 25.0. The molecule has 0 fully saturated rings. The van der Waals surface area contributed by atoms with Crippen LogP contribution in [0.4, 0.5) is 5.82 Å². The molecule has 4 rings (SSSR count). The van der Waals surface area contributed by atoms with Gasteiger partial charge in [-0.1, -0.05) is 60.2 Å². The molecule has 7 heteroatoms. The maximum Gasteiger partial charge on any atom is 0.175 e. The van der Waals surface area contributed by atoms with E-state index in [1.165, 1.54) is 6.26 Å². The summed E-state index contributed by atoms with van der Waals surface area (Å²) in [7, 11) is -3.26. The van der Waals surface area contributed by atoms with Crippen LogP contribution in [0.3, 0.4) is 0 Å². The van der Waals surface area contributed by atoms with Gasteiger partial charge in [0.05, 0.1) is 29.0 Å². The molecular formula is C28H27N3O3S. The van der Waals surface area contributed by atoms with E-state index >= 15 is 0 Å². The number of carbonyl (C=O) groups is 1. The van der Waals surface area contributed by atoms with Crippen molar-refractivity contribution in [3.8, 4) is 11.3 Å². The van der Waals surface area contributed by atoms with Gasteiger partial charge in [0.2, 0.25) is 0 Å². The van der Waals surface area contributed by atoms with Gasteiger partial charge in [0.25, 0.3) is 0 Å². The average molecular weight is 486 g/mol. The summed E-state index contributed by atoms with van der Waals surface area (Å²) in [5.41, 5.74) is 5.19. The lowest BCUT2D eigenvalue weighted by Gasteiger charge is -2.16. The maximum absolute atomic E-state index is 12.7. The predicted octanol–water partition coefficient (Wildman–Crippen LogP) is 5.45. The van der Waals surface area contributed by atoms with E-state index in [4.69, 9.17) is 0 Å². The van der Waals surface area contributed by atoms with Gasteiger partial charge in [-0.2, -0.15) is 0 Å². The van der Waals surface area contributed by atoms with Crippen LogP contribution in [0.2, 0.25) is 0 Å². The van der Waals surface area contributed by atoms with Gasteiger partial charge in [-0.25, -0.2) is 13.4 Å². The minimum atomic E-state index is -3.26. The van der Waals surface area contributed by atoms with Crippen LogP contribution in [0.25, 0.3) is 11.3 Å². The lowest BCUT2D eigenvalue weighted by molar-refractivity contribution is 0.0993. The molecule has 4 aromatic rings. The number of anilines is 1. The summed E-state index contributed by atoms with van der Waals surface area (Å²) in [6.07, 6.45) is 4.81. The summed E-state index contributed by atoms with van der Waals surface area (Å²) in [5.74, 6) is 0.690. The van der Waals surface area contributed by atoms with Gasteiger partial charge in [-0.05, 0) is 43.2 Å². The monoisotopic (exact) mass is 485 g/mol.